The quantitative estimate of drug-likeness (QED) is 0.777. The summed E-state index contributed by atoms with van der Waals surface area (Å²) in [5.41, 5.74) is 2.12. The lowest BCUT2D eigenvalue weighted by Gasteiger charge is -2.46. The summed E-state index contributed by atoms with van der Waals surface area (Å²) in [5.74, 6) is 0. The van der Waals surface area contributed by atoms with Gasteiger partial charge in [-0.1, -0.05) is 36.4 Å². The van der Waals surface area contributed by atoms with Crippen molar-refractivity contribution in [3.05, 3.63) is 47.5 Å². The zero-order chi connectivity index (χ0) is 14.2. The van der Waals surface area contributed by atoms with Gasteiger partial charge < -0.3 is 23.7 Å². The second kappa shape index (κ2) is 5.51. The maximum absolute atomic E-state index is 6.13. The molecule has 0 bridgehead atoms. The van der Waals surface area contributed by atoms with E-state index in [1.807, 2.05) is 30.3 Å². The van der Waals surface area contributed by atoms with E-state index in [2.05, 4.69) is 6.08 Å². The van der Waals surface area contributed by atoms with Gasteiger partial charge in [0, 0.05) is 12.7 Å². The van der Waals surface area contributed by atoms with Crippen LogP contribution in [0.4, 0.5) is 0 Å². The molecule has 5 heteroatoms. The van der Waals surface area contributed by atoms with Gasteiger partial charge in [0.25, 0.3) is 0 Å². The van der Waals surface area contributed by atoms with E-state index < -0.39 is 12.6 Å². The Kier molecular flexibility index (Phi) is 3.52. The van der Waals surface area contributed by atoms with E-state index in [1.165, 1.54) is 0 Å². The number of ether oxygens (including phenoxy) is 5. The predicted molar refractivity (Wildman–Crippen MR) is 73.5 cm³/mol. The Balaban J connectivity index is 1.62. The third kappa shape index (κ3) is 2.31. The van der Waals surface area contributed by atoms with Crippen LogP contribution in [0.25, 0.3) is 0 Å². The van der Waals surface area contributed by atoms with Crippen molar-refractivity contribution in [1.29, 1.82) is 0 Å². The summed E-state index contributed by atoms with van der Waals surface area (Å²) in [5, 5.41) is 0. The predicted octanol–water partition coefficient (Wildman–Crippen LogP) is 1.80. The number of hydrogen-bond donors (Lipinski definition) is 0. The smallest absolute Gasteiger partial charge is 0.189 e. The average Bonchev–Trinajstić information content (AvgIpc) is 3.03. The lowest BCUT2D eigenvalue weighted by molar-refractivity contribution is -0.366. The molecule has 2 fully saturated rings. The van der Waals surface area contributed by atoms with E-state index in [4.69, 9.17) is 23.7 Å². The van der Waals surface area contributed by atoms with Gasteiger partial charge in [0.15, 0.2) is 12.6 Å². The van der Waals surface area contributed by atoms with E-state index >= 15 is 0 Å². The standard InChI is InChI=1S/C16H18O5/c1-17-16-14-13(12-11(9-19-14)7-8-18-12)20-15(21-16)10-5-3-2-4-6-10/h2-7,12-16H,8-9H2,1H3/t12-,13+,14+,15+,16+/m1/s1. The number of rotatable bonds is 2. The summed E-state index contributed by atoms with van der Waals surface area (Å²) in [4.78, 5) is 0. The highest BCUT2D eigenvalue weighted by Crippen LogP contribution is 2.39. The van der Waals surface area contributed by atoms with Gasteiger partial charge in [-0.05, 0) is 5.57 Å². The van der Waals surface area contributed by atoms with Crippen LogP contribution in [0, 0.1) is 0 Å². The van der Waals surface area contributed by atoms with Gasteiger partial charge in [0.05, 0.1) is 13.2 Å². The van der Waals surface area contributed by atoms with E-state index in [9.17, 15) is 0 Å². The summed E-state index contributed by atoms with van der Waals surface area (Å²) in [6, 6.07) is 9.85. The molecule has 0 unspecified atom stereocenters. The Morgan fingerprint density at radius 1 is 1.05 bits per heavy atom. The van der Waals surface area contributed by atoms with Gasteiger partial charge in [0.2, 0.25) is 0 Å². The van der Waals surface area contributed by atoms with E-state index in [0.717, 1.165) is 11.1 Å². The molecule has 0 spiro atoms. The fourth-order valence-electron chi connectivity index (χ4n) is 3.10. The largest absolute Gasteiger partial charge is 0.367 e. The minimum absolute atomic E-state index is 0.0588. The van der Waals surface area contributed by atoms with Crippen LogP contribution in [0.1, 0.15) is 11.9 Å². The molecule has 1 aromatic carbocycles. The zero-order valence-corrected chi connectivity index (χ0v) is 11.8. The first-order valence-corrected chi connectivity index (χ1v) is 7.17. The average molecular weight is 290 g/mol. The molecule has 112 valence electrons. The van der Waals surface area contributed by atoms with Crippen molar-refractivity contribution in [3.8, 4) is 0 Å². The summed E-state index contributed by atoms with van der Waals surface area (Å²) in [6.07, 6.45) is 0.603. The molecule has 0 aliphatic carbocycles. The molecule has 4 rings (SSSR count). The van der Waals surface area contributed by atoms with Crippen LogP contribution in [0.5, 0.6) is 0 Å². The van der Waals surface area contributed by atoms with E-state index in [1.54, 1.807) is 7.11 Å². The third-order valence-corrected chi connectivity index (χ3v) is 4.16. The van der Waals surface area contributed by atoms with Crippen molar-refractivity contribution in [2.75, 3.05) is 20.3 Å². The molecule has 2 saturated heterocycles. The van der Waals surface area contributed by atoms with Crippen LogP contribution < -0.4 is 0 Å². The second-order valence-corrected chi connectivity index (χ2v) is 5.39. The van der Waals surface area contributed by atoms with Gasteiger partial charge >= 0.3 is 0 Å². The third-order valence-electron chi connectivity index (χ3n) is 4.16. The topological polar surface area (TPSA) is 46.2 Å². The first-order chi connectivity index (χ1) is 10.4. The lowest BCUT2D eigenvalue weighted by Crippen LogP contribution is -2.57. The molecule has 0 amide bonds. The van der Waals surface area contributed by atoms with E-state index in [-0.39, 0.29) is 18.3 Å². The highest BCUT2D eigenvalue weighted by molar-refractivity contribution is 5.22. The van der Waals surface area contributed by atoms with Crippen LogP contribution in [0.3, 0.4) is 0 Å². The maximum atomic E-state index is 6.13. The van der Waals surface area contributed by atoms with Crippen molar-refractivity contribution in [1.82, 2.24) is 0 Å². The first kappa shape index (κ1) is 13.4. The van der Waals surface area contributed by atoms with Crippen LogP contribution in [-0.2, 0) is 23.7 Å². The minimum atomic E-state index is -0.468. The Labute approximate surface area is 123 Å². The monoisotopic (exact) mass is 290 g/mol. The van der Waals surface area contributed by atoms with Crippen molar-refractivity contribution in [2.24, 2.45) is 0 Å². The summed E-state index contributed by atoms with van der Waals surface area (Å²) < 4.78 is 29.1. The molecule has 0 saturated carbocycles. The van der Waals surface area contributed by atoms with Gasteiger partial charge in [-0.15, -0.1) is 0 Å². The van der Waals surface area contributed by atoms with Crippen LogP contribution in [0.15, 0.2) is 42.0 Å². The lowest BCUT2D eigenvalue weighted by atomic mass is 9.96. The molecule has 1 aromatic rings. The fraction of sp³-hybridized carbons (Fsp3) is 0.500. The Morgan fingerprint density at radius 2 is 1.90 bits per heavy atom. The molecule has 3 heterocycles. The summed E-state index contributed by atoms with van der Waals surface area (Å²) in [6.45, 7) is 1.17. The Morgan fingerprint density at radius 3 is 2.71 bits per heavy atom. The summed E-state index contributed by atoms with van der Waals surface area (Å²) >= 11 is 0. The van der Waals surface area contributed by atoms with Crippen molar-refractivity contribution in [2.45, 2.75) is 30.9 Å². The number of benzene rings is 1. The van der Waals surface area contributed by atoms with Gasteiger partial charge in [-0.2, -0.15) is 0 Å². The zero-order valence-electron chi connectivity index (χ0n) is 11.8. The molecule has 0 aromatic heterocycles. The van der Waals surface area contributed by atoms with E-state index in [0.29, 0.717) is 13.2 Å². The van der Waals surface area contributed by atoms with Crippen LogP contribution in [0.2, 0.25) is 0 Å². The van der Waals surface area contributed by atoms with Crippen molar-refractivity contribution < 1.29 is 23.7 Å². The van der Waals surface area contributed by atoms with Crippen LogP contribution in [-0.4, -0.2) is 44.9 Å². The van der Waals surface area contributed by atoms with Gasteiger partial charge in [-0.25, -0.2) is 0 Å². The molecule has 3 aliphatic rings. The Bertz CT molecular complexity index is 529. The molecule has 5 nitrogen and oxygen atoms in total. The van der Waals surface area contributed by atoms with Gasteiger partial charge in [0.1, 0.15) is 18.3 Å². The fourth-order valence-corrected chi connectivity index (χ4v) is 3.10. The Hall–Kier alpha value is -1.24. The maximum Gasteiger partial charge on any atom is 0.189 e. The molecule has 0 N–H and O–H groups in total. The van der Waals surface area contributed by atoms with Crippen LogP contribution >= 0.6 is 0 Å². The van der Waals surface area contributed by atoms with Crippen molar-refractivity contribution in [3.63, 3.8) is 0 Å². The SMILES string of the molecule is CO[C@H]1O[C@@H](c2ccccc2)O[C@@H]2[C@@H]1OCC1=CCO[C@H]12. The second-order valence-electron chi connectivity index (χ2n) is 5.39. The molecule has 3 aliphatic heterocycles. The number of methoxy groups -OCH3 is 1. The molecule has 21 heavy (non-hydrogen) atoms. The molecule has 5 atom stereocenters. The number of fused-ring (bicyclic) bond motifs is 3. The first-order valence-electron chi connectivity index (χ1n) is 7.17. The highest BCUT2D eigenvalue weighted by atomic mass is 16.8. The molecular weight excluding hydrogens is 272 g/mol. The molecular formula is C16H18O5. The van der Waals surface area contributed by atoms with Crippen molar-refractivity contribution >= 4 is 0 Å². The summed E-state index contributed by atoms with van der Waals surface area (Å²) in [7, 11) is 1.62. The van der Waals surface area contributed by atoms with Gasteiger partial charge in [-0.3, -0.25) is 0 Å². The number of hydrogen-bond acceptors (Lipinski definition) is 5. The highest BCUT2D eigenvalue weighted by Gasteiger charge is 2.50. The normalized spacial score (nSPS) is 38.5. The minimum Gasteiger partial charge on any atom is -0.367 e. The molecule has 0 radical (unpaired) electrons.